The summed E-state index contributed by atoms with van der Waals surface area (Å²) in [6, 6.07) is 18.8. The Labute approximate surface area is 187 Å². The minimum Gasteiger partial charge on any atom is -0.493 e. The van der Waals surface area contributed by atoms with E-state index in [0.717, 1.165) is 26.5 Å². The predicted octanol–water partition coefficient (Wildman–Crippen LogP) is 6.64. The van der Waals surface area contributed by atoms with E-state index in [1.54, 1.807) is 36.8 Å². The highest BCUT2D eigenvalue weighted by molar-refractivity contribution is 7.22. The van der Waals surface area contributed by atoms with Crippen molar-refractivity contribution in [2.24, 2.45) is 5.10 Å². The van der Waals surface area contributed by atoms with Crippen molar-refractivity contribution in [3.63, 3.8) is 0 Å². The van der Waals surface area contributed by atoms with Crippen molar-refractivity contribution in [2.45, 2.75) is 6.61 Å². The number of nitrogens with zero attached hydrogens (tertiary/aromatic N) is 2. The number of fused-ring (bicyclic) bond motifs is 1. The molecular weight excluding hydrogens is 441 g/mol. The van der Waals surface area contributed by atoms with Crippen LogP contribution in [0.3, 0.4) is 0 Å². The van der Waals surface area contributed by atoms with E-state index in [2.05, 4.69) is 15.5 Å². The minimum atomic E-state index is 0.289. The number of para-hydroxylation sites is 1. The molecule has 1 heterocycles. The Balaban J connectivity index is 1.46. The third-order valence-corrected chi connectivity index (χ3v) is 5.78. The molecule has 0 atom stereocenters. The fourth-order valence-corrected chi connectivity index (χ4v) is 4.04. The molecule has 0 aliphatic rings. The van der Waals surface area contributed by atoms with Crippen LogP contribution in [-0.4, -0.2) is 18.3 Å². The summed E-state index contributed by atoms with van der Waals surface area (Å²) in [6.07, 6.45) is 1.70. The van der Waals surface area contributed by atoms with Crippen LogP contribution in [0.1, 0.15) is 11.1 Å². The molecule has 4 rings (SSSR count). The van der Waals surface area contributed by atoms with Crippen LogP contribution in [0.15, 0.2) is 65.8 Å². The monoisotopic (exact) mass is 457 g/mol. The number of hydrogen-bond acceptors (Lipinski definition) is 6. The number of hydrazone groups is 1. The summed E-state index contributed by atoms with van der Waals surface area (Å²) in [7, 11) is 1.60. The van der Waals surface area contributed by atoms with Crippen LogP contribution in [0.4, 0.5) is 5.13 Å². The molecule has 0 amide bonds. The largest absolute Gasteiger partial charge is 0.493 e. The molecule has 0 saturated carbocycles. The standard InChI is InChI=1S/C22H17Cl2N3O2S/c1-28-19-9-6-14(10-20(19)29-13-15-7-8-16(23)11-17(15)24)12-25-27-22-26-18-4-2-3-5-21(18)30-22/h2-12H,13H2,1H3,(H,26,27)/b25-12-. The zero-order chi connectivity index (χ0) is 20.9. The summed E-state index contributed by atoms with van der Waals surface area (Å²) in [4.78, 5) is 4.49. The van der Waals surface area contributed by atoms with Crippen molar-refractivity contribution in [1.29, 1.82) is 0 Å². The number of thiazole rings is 1. The van der Waals surface area contributed by atoms with Crippen LogP contribution in [0.2, 0.25) is 10.0 Å². The van der Waals surface area contributed by atoms with Crippen molar-refractivity contribution >= 4 is 56.1 Å². The number of methoxy groups -OCH3 is 1. The van der Waals surface area contributed by atoms with E-state index in [1.165, 1.54) is 0 Å². The number of anilines is 1. The third-order valence-electron chi connectivity index (χ3n) is 4.25. The van der Waals surface area contributed by atoms with E-state index >= 15 is 0 Å². The fraction of sp³-hybridized carbons (Fsp3) is 0.0909. The maximum absolute atomic E-state index is 6.23. The number of rotatable bonds is 7. The van der Waals surface area contributed by atoms with Crippen LogP contribution >= 0.6 is 34.5 Å². The lowest BCUT2D eigenvalue weighted by molar-refractivity contribution is 0.284. The summed E-state index contributed by atoms with van der Waals surface area (Å²) < 4.78 is 12.4. The summed E-state index contributed by atoms with van der Waals surface area (Å²) >= 11 is 13.7. The summed E-state index contributed by atoms with van der Waals surface area (Å²) in [5, 5.41) is 6.16. The van der Waals surface area contributed by atoms with Gasteiger partial charge in [0.2, 0.25) is 5.13 Å². The van der Waals surface area contributed by atoms with Gasteiger partial charge >= 0.3 is 0 Å². The third kappa shape index (κ3) is 4.84. The van der Waals surface area contributed by atoms with Crippen molar-refractivity contribution in [3.8, 4) is 11.5 Å². The summed E-state index contributed by atoms with van der Waals surface area (Å²) in [5.74, 6) is 1.21. The highest BCUT2D eigenvalue weighted by Gasteiger charge is 2.08. The van der Waals surface area contributed by atoms with Gasteiger partial charge in [-0.25, -0.2) is 4.98 Å². The highest BCUT2D eigenvalue weighted by atomic mass is 35.5. The Hall–Kier alpha value is -2.80. The first-order chi connectivity index (χ1) is 14.6. The van der Waals surface area contributed by atoms with Gasteiger partial charge < -0.3 is 9.47 Å². The summed E-state index contributed by atoms with van der Waals surface area (Å²) in [6.45, 7) is 0.289. The van der Waals surface area contributed by atoms with Crippen LogP contribution in [-0.2, 0) is 6.61 Å². The number of aromatic nitrogens is 1. The second-order valence-corrected chi connectivity index (χ2v) is 8.17. The molecule has 1 N–H and O–H groups in total. The Morgan fingerprint density at radius 2 is 1.93 bits per heavy atom. The van der Waals surface area contributed by atoms with Crippen LogP contribution < -0.4 is 14.9 Å². The average Bonchev–Trinajstić information content (AvgIpc) is 3.16. The number of hydrogen-bond donors (Lipinski definition) is 1. The first kappa shape index (κ1) is 20.5. The van der Waals surface area contributed by atoms with Gasteiger partial charge in [0.1, 0.15) is 6.61 Å². The summed E-state index contributed by atoms with van der Waals surface area (Å²) in [5.41, 5.74) is 5.60. The molecule has 5 nitrogen and oxygen atoms in total. The lowest BCUT2D eigenvalue weighted by atomic mass is 10.2. The predicted molar refractivity (Wildman–Crippen MR) is 125 cm³/mol. The quantitative estimate of drug-likeness (QED) is 0.249. The molecule has 0 aliphatic carbocycles. The Morgan fingerprint density at radius 1 is 1.07 bits per heavy atom. The molecule has 0 radical (unpaired) electrons. The normalized spacial score (nSPS) is 11.2. The van der Waals surface area contributed by atoms with E-state index in [4.69, 9.17) is 32.7 Å². The maximum Gasteiger partial charge on any atom is 0.204 e. The van der Waals surface area contributed by atoms with Crippen LogP contribution in [0, 0.1) is 0 Å². The second-order valence-electron chi connectivity index (χ2n) is 6.29. The van der Waals surface area contributed by atoms with Crippen molar-refractivity contribution < 1.29 is 9.47 Å². The molecule has 1 aromatic heterocycles. The van der Waals surface area contributed by atoms with E-state index < -0.39 is 0 Å². The molecule has 0 saturated heterocycles. The second kappa shape index (κ2) is 9.34. The smallest absolute Gasteiger partial charge is 0.204 e. The van der Waals surface area contributed by atoms with Crippen LogP contribution in [0.25, 0.3) is 10.2 Å². The molecule has 3 aromatic carbocycles. The molecular formula is C22H17Cl2N3O2S. The molecule has 0 aliphatic heterocycles. The molecule has 4 aromatic rings. The zero-order valence-corrected chi connectivity index (χ0v) is 18.3. The average molecular weight is 458 g/mol. The van der Waals surface area contributed by atoms with E-state index in [9.17, 15) is 0 Å². The Bertz CT molecular complexity index is 1180. The number of nitrogens with one attached hydrogen (secondary N) is 1. The zero-order valence-electron chi connectivity index (χ0n) is 15.9. The molecule has 152 valence electrons. The van der Waals surface area contributed by atoms with Gasteiger partial charge in [0.25, 0.3) is 0 Å². The molecule has 0 bridgehead atoms. The van der Waals surface area contributed by atoms with Gasteiger partial charge in [-0.15, -0.1) is 0 Å². The molecule has 0 spiro atoms. The lowest BCUT2D eigenvalue weighted by Gasteiger charge is -2.12. The SMILES string of the molecule is COc1ccc(/C=N\Nc2nc3ccccc3s2)cc1OCc1ccc(Cl)cc1Cl. The van der Waals surface area contributed by atoms with Crippen molar-refractivity contribution in [2.75, 3.05) is 12.5 Å². The Morgan fingerprint density at radius 3 is 2.73 bits per heavy atom. The topological polar surface area (TPSA) is 55.7 Å². The van der Waals surface area contributed by atoms with Crippen molar-refractivity contribution in [3.05, 3.63) is 81.8 Å². The van der Waals surface area contributed by atoms with E-state index in [1.807, 2.05) is 48.5 Å². The van der Waals surface area contributed by atoms with E-state index in [0.29, 0.717) is 21.5 Å². The van der Waals surface area contributed by atoms with E-state index in [-0.39, 0.29) is 6.61 Å². The minimum absolute atomic E-state index is 0.289. The number of benzene rings is 3. The van der Waals surface area contributed by atoms with Gasteiger partial charge in [0, 0.05) is 15.6 Å². The van der Waals surface area contributed by atoms with Gasteiger partial charge in [-0.05, 0) is 48.0 Å². The first-order valence-corrected chi connectivity index (χ1v) is 10.6. The number of halogens is 2. The Kier molecular flexibility index (Phi) is 6.38. The van der Waals surface area contributed by atoms with Gasteiger partial charge in [-0.2, -0.15) is 5.10 Å². The maximum atomic E-state index is 6.23. The number of ether oxygens (including phenoxy) is 2. The van der Waals surface area contributed by atoms with Crippen molar-refractivity contribution in [1.82, 2.24) is 4.98 Å². The van der Waals surface area contributed by atoms with Gasteiger partial charge in [0.15, 0.2) is 11.5 Å². The molecule has 8 heteroatoms. The van der Waals surface area contributed by atoms with Gasteiger partial charge in [0.05, 0.1) is 23.5 Å². The van der Waals surface area contributed by atoms with Gasteiger partial charge in [-0.3, -0.25) is 5.43 Å². The van der Waals surface area contributed by atoms with Gasteiger partial charge in [-0.1, -0.05) is 52.7 Å². The first-order valence-electron chi connectivity index (χ1n) is 9.02. The fourth-order valence-electron chi connectivity index (χ4n) is 2.76. The molecule has 30 heavy (non-hydrogen) atoms. The van der Waals surface area contributed by atoms with Crippen LogP contribution in [0.5, 0.6) is 11.5 Å². The molecule has 0 unspecified atom stereocenters. The lowest BCUT2D eigenvalue weighted by Crippen LogP contribution is -1.99. The molecule has 0 fully saturated rings. The highest BCUT2D eigenvalue weighted by Crippen LogP contribution is 2.30.